The fraction of sp³-hybridized carbons (Fsp3) is 0.250. The normalized spacial score (nSPS) is 20.7. The highest BCUT2D eigenvalue weighted by Gasteiger charge is 2.49. The molecule has 0 aliphatic heterocycles. The summed E-state index contributed by atoms with van der Waals surface area (Å²) < 4.78 is 4.68. The predicted octanol–water partition coefficient (Wildman–Crippen LogP) is 3.49. The van der Waals surface area contributed by atoms with Crippen LogP contribution in [0.2, 0.25) is 5.02 Å². The van der Waals surface area contributed by atoms with E-state index in [-0.39, 0.29) is 23.6 Å². The van der Waals surface area contributed by atoms with E-state index in [9.17, 15) is 9.59 Å². The van der Waals surface area contributed by atoms with Gasteiger partial charge in [-0.15, -0.1) is 0 Å². The van der Waals surface area contributed by atoms with E-state index in [0.717, 1.165) is 10.8 Å². The predicted molar refractivity (Wildman–Crippen MR) is 76.9 cm³/mol. The molecular weight excluding hydrogens is 276 g/mol. The van der Waals surface area contributed by atoms with Gasteiger partial charge in [0.05, 0.1) is 13.0 Å². The topological polar surface area (TPSA) is 43.4 Å². The Balaban J connectivity index is 1.98. The first-order valence-electron chi connectivity index (χ1n) is 6.42. The Morgan fingerprint density at radius 1 is 1.10 bits per heavy atom. The summed E-state index contributed by atoms with van der Waals surface area (Å²) in [5.74, 6) is -0.858. The Morgan fingerprint density at radius 3 is 2.50 bits per heavy atom. The molecular formula is C16H13ClO3. The molecule has 2 aromatic rings. The quantitative estimate of drug-likeness (QED) is 0.641. The van der Waals surface area contributed by atoms with E-state index in [1.54, 1.807) is 12.1 Å². The number of esters is 1. The molecule has 4 heteroatoms. The summed E-state index contributed by atoms with van der Waals surface area (Å²) in [5.41, 5.74) is 0.626. The number of hydrogen-bond donors (Lipinski definition) is 0. The molecule has 1 aliphatic rings. The van der Waals surface area contributed by atoms with E-state index < -0.39 is 0 Å². The van der Waals surface area contributed by atoms with E-state index >= 15 is 0 Å². The maximum atomic E-state index is 12.5. The highest BCUT2D eigenvalue weighted by molar-refractivity contribution is 6.36. The number of fused-ring (bicyclic) bond motifs is 1. The molecule has 3 rings (SSSR count). The van der Waals surface area contributed by atoms with Crippen LogP contribution in [0.15, 0.2) is 36.4 Å². The highest BCUT2D eigenvalue weighted by Crippen LogP contribution is 2.43. The lowest BCUT2D eigenvalue weighted by Gasteiger charge is -2.07. The van der Waals surface area contributed by atoms with Gasteiger partial charge in [-0.05, 0) is 23.9 Å². The van der Waals surface area contributed by atoms with Gasteiger partial charge in [-0.25, -0.2) is 0 Å². The summed E-state index contributed by atoms with van der Waals surface area (Å²) in [6.45, 7) is 0. The fourth-order valence-electron chi connectivity index (χ4n) is 2.57. The highest BCUT2D eigenvalue weighted by atomic mass is 35.5. The molecule has 1 fully saturated rings. The van der Waals surface area contributed by atoms with Crippen molar-refractivity contribution in [3.63, 3.8) is 0 Å². The fourth-order valence-corrected chi connectivity index (χ4v) is 2.80. The number of methoxy groups -OCH3 is 1. The summed E-state index contributed by atoms with van der Waals surface area (Å²) >= 11 is 6.15. The van der Waals surface area contributed by atoms with E-state index in [0.29, 0.717) is 17.0 Å². The minimum absolute atomic E-state index is 0.00623. The zero-order valence-corrected chi connectivity index (χ0v) is 11.7. The lowest BCUT2D eigenvalue weighted by atomic mass is 9.98. The largest absolute Gasteiger partial charge is 0.469 e. The van der Waals surface area contributed by atoms with Crippen molar-refractivity contribution in [1.82, 2.24) is 0 Å². The molecule has 3 nitrogen and oxygen atoms in total. The molecule has 102 valence electrons. The minimum atomic E-state index is -0.304. The number of hydrogen-bond acceptors (Lipinski definition) is 3. The first kappa shape index (κ1) is 13.1. The van der Waals surface area contributed by atoms with Crippen LogP contribution in [0.25, 0.3) is 10.8 Å². The van der Waals surface area contributed by atoms with Gasteiger partial charge in [0.25, 0.3) is 0 Å². The van der Waals surface area contributed by atoms with Crippen molar-refractivity contribution >= 4 is 34.1 Å². The maximum absolute atomic E-state index is 12.5. The van der Waals surface area contributed by atoms with Crippen molar-refractivity contribution < 1.29 is 14.3 Å². The Hall–Kier alpha value is -1.87. The lowest BCUT2D eigenvalue weighted by Crippen LogP contribution is -2.10. The summed E-state index contributed by atoms with van der Waals surface area (Å²) in [6.07, 6.45) is 0.572. The number of carbonyl (C=O) groups excluding carboxylic acids is 2. The van der Waals surface area contributed by atoms with Gasteiger partial charge in [-0.1, -0.05) is 35.9 Å². The van der Waals surface area contributed by atoms with E-state index in [1.807, 2.05) is 24.3 Å². The van der Waals surface area contributed by atoms with Crippen LogP contribution in [0.1, 0.15) is 16.8 Å². The zero-order valence-electron chi connectivity index (χ0n) is 10.9. The maximum Gasteiger partial charge on any atom is 0.309 e. The Bertz CT molecular complexity index is 708. The Morgan fingerprint density at radius 2 is 1.80 bits per heavy atom. The van der Waals surface area contributed by atoms with Crippen molar-refractivity contribution in [1.29, 1.82) is 0 Å². The molecule has 0 radical (unpaired) electrons. The molecule has 0 heterocycles. The summed E-state index contributed by atoms with van der Waals surface area (Å²) in [4.78, 5) is 24.0. The van der Waals surface area contributed by atoms with Gasteiger partial charge in [-0.2, -0.15) is 0 Å². The van der Waals surface area contributed by atoms with Crippen LogP contribution in [0, 0.1) is 11.8 Å². The first-order valence-corrected chi connectivity index (χ1v) is 6.80. The van der Waals surface area contributed by atoms with Gasteiger partial charge in [0.15, 0.2) is 5.78 Å². The van der Waals surface area contributed by atoms with Gasteiger partial charge in [0, 0.05) is 21.9 Å². The van der Waals surface area contributed by atoms with Crippen molar-refractivity contribution in [2.45, 2.75) is 6.42 Å². The van der Waals surface area contributed by atoms with Crippen molar-refractivity contribution in [3.05, 3.63) is 47.0 Å². The van der Waals surface area contributed by atoms with Gasteiger partial charge in [0.2, 0.25) is 0 Å². The third-order valence-electron chi connectivity index (χ3n) is 3.77. The Kier molecular flexibility index (Phi) is 3.22. The molecule has 1 aliphatic carbocycles. The zero-order chi connectivity index (χ0) is 14.3. The summed E-state index contributed by atoms with van der Waals surface area (Å²) in [5, 5.41) is 2.31. The summed E-state index contributed by atoms with van der Waals surface area (Å²) in [7, 11) is 1.35. The standard InChI is InChI=1S/C16H13ClO3/c1-20-16(19)13-8-12(13)15(18)11-6-7-14(17)10-5-3-2-4-9(10)11/h2-7,12-13H,8H2,1H3/t12-,13+/m0/s1. The second-order valence-corrected chi connectivity index (χ2v) is 5.38. The van der Waals surface area contributed by atoms with Crippen LogP contribution in [-0.2, 0) is 9.53 Å². The number of Topliss-reactive ketones (excluding diaryl/α,β-unsaturated/α-hetero) is 1. The van der Waals surface area contributed by atoms with Gasteiger partial charge < -0.3 is 4.74 Å². The van der Waals surface area contributed by atoms with Gasteiger partial charge in [-0.3, -0.25) is 9.59 Å². The Labute approximate surface area is 121 Å². The molecule has 0 aromatic heterocycles. The molecule has 0 spiro atoms. The van der Waals surface area contributed by atoms with E-state index in [1.165, 1.54) is 7.11 Å². The van der Waals surface area contributed by atoms with Crippen LogP contribution >= 0.6 is 11.6 Å². The average Bonchev–Trinajstić information content (AvgIpc) is 3.27. The van der Waals surface area contributed by atoms with Crippen molar-refractivity contribution in [2.75, 3.05) is 7.11 Å². The lowest BCUT2D eigenvalue weighted by molar-refractivity contribution is -0.142. The number of benzene rings is 2. The molecule has 2 aromatic carbocycles. The number of ketones is 1. The molecule has 0 amide bonds. The first-order chi connectivity index (χ1) is 9.63. The van der Waals surface area contributed by atoms with Crippen LogP contribution in [0.4, 0.5) is 0 Å². The van der Waals surface area contributed by atoms with Crippen LogP contribution in [-0.4, -0.2) is 18.9 Å². The third kappa shape index (κ3) is 2.08. The third-order valence-corrected chi connectivity index (χ3v) is 4.10. The van der Waals surface area contributed by atoms with Crippen LogP contribution < -0.4 is 0 Å². The second kappa shape index (κ2) is 4.91. The van der Waals surface area contributed by atoms with E-state index in [2.05, 4.69) is 4.74 Å². The van der Waals surface area contributed by atoms with Crippen molar-refractivity contribution in [3.8, 4) is 0 Å². The second-order valence-electron chi connectivity index (χ2n) is 4.98. The smallest absolute Gasteiger partial charge is 0.309 e. The number of ether oxygens (including phenoxy) is 1. The SMILES string of the molecule is COC(=O)[C@@H]1C[C@@H]1C(=O)c1ccc(Cl)c2ccccc12. The minimum Gasteiger partial charge on any atom is -0.469 e. The monoisotopic (exact) mass is 288 g/mol. The molecule has 20 heavy (non-hydrogen) atoms. The molecule has 0 saturated heterocycles. The van der Waals surface area contributed by atoms with Crippen LogP contribution in [0.3, 0.4) is 0 Å². The molecule has 1 saturated carbocycles. The number of carbonyl (C=O) groups is 2. The number of halogens is 1. The molecule has 0 bridgehead atoms. The molecule has 0 N–H and O–H groups in total. The summed E-state index contributed by atoms with van der Waals surface area (Å²) in [6, 6.07) is 11.0. The van der Waals surface area contributed by atoms with E-state index in [4.69, 9.17) is 11.6 Å². The van der Waals surface area contributed by atoms with Crippen molar-refractivity contribution in [2.24, 2.45) is 11.8 Å². The molecule has 2 atom stereocenters. The number of rotatable bonds is 3. The average molecular weight is 289 g/mol. The van der Waals surface area contributed by atoms with Gasteiger partial charge in [0.1, 0.15) is 0 Å². The van der Waals surface area contributed by atoms with Crippen LogP contribution in [0.5, 0.6) is 0 Å². The molecule has 0 unspecified atom stereocenters. The van der Waals surface area contributed by atoms with Gasteiger partial charge >= 0.3 is 5.97 Å².